The molecule has 0 saturated heterocycles. The summed E-state index contributed by atoms with van der Waals surface area (Å²) in [6.07, 6.45) is 2.03. The van der Waals surface area contributed by atoms with Crippen LogP contribution in [-0.4, -0.2) is 22.6 Å². The lowest BCUT2D eigenvalue weighted by atomic mass is 9.98. The van der Waals surface area contributed by atoms with E-state index in [1.807, 2.05) is 48.4 Å². The molecule has 136 valence electrons. The van der Waals surface area contributed by atoms with Gasteiger partial charge in [0, 0.05) is 34.8 Å². The van der Waals surface area contributed by atoms with E-state index in [0.717, 1.165) is 44.7 Å². The Bertz CT molecular complexity index is 1100. The maximum Gasteiger partial charge on any atom is 0.250 e. The average molecular weight is 360 g/mol. The van der Waals surface area contributed by atoms with E-state index in [0.29, 0.717) is 6.54 Å². The third-order valence-corrected chi connectivity index (χ3v) is 5.60. The molecule has 0 radical (unpaired) electrons. The summed E-state index contributed by atoms with van der Waals surface area (Å²) in [4.78, 5) is 18.3. The van der Waals surface area contributed by atoms with Crippen LogP contribution in [0.4, 0.5) is 0 Å². The number of fused-ring (bicyclic) bond motifs is 2. The van der Waals surface area contributed by atoms with Crippen LogP contribution in [0.1, 0.15) is 31.0 Å². The van der Waals surface area contributed by atoms with Crippen molar-refractivity contribution in [1.82, 2.24) is 9.88 Å². The van der Waals surface area contributed by atoms with Gasteiger partial charge in [-0.15, -0.1) is 0 Å². The Morgan fingerprint density at radius 1 is 1.11 bits per heavy atom. The van der Waals surface area contributed by atoms with Crippen molar-refractivity contribution in [1.29, 1.82) is 0 Å². The molecule has 0 spiro atoms. The van der Waals surface area contributed by atoms with E-state index in [9.17, 15) is 4.79 Å². The van der Waals surface area contributed by atoms with E-state index in [1.54, 1.807) is 0 Å². The molecule has 3 heterocycles. The molecule has 1 N–H and O–H groups in total. The van der Waals surface area contributed by atoms with Crippen LogP contribution in [0, 0.1) is 0 Å². The van der Waals surface area contributed by atoms with Crippen molar-refractivity contribution < 1.29 is 14.3 Å². The zero-order chi connectivity index (χ0) is 18.5. The molecule has 2 aromatic carbocycles. The summed E-state index contributed by atoms with van der Waals surface area (Å²) in [6.45, 7) is 4.74. The Kier molecular flexibility index (Phi) is 3.50. The van der Waals surface area contributed by atoms with Crippen molar-refractivity contribution in [3.63, 3.8) is 0 Å². The number of aromatic amines is 1. The van der Waals surface area contributed by atoms with Gasteiger partial charge in [0.1, 0.15) is 0 Å². The monoisotopic (exact) mass is 360 g/mol. The topological polar surface area (TPSA) is 54.6 Å². The fourth-order valence-corrected chi connectivity index (χ4v) is 4.06. The Balaban J connectivity index is 1.55. The molecule has 5 nitrogen and oxygen atoms in total. The third-order valence-electron chi connectivity index (χ3n) is 5.60. The van der Waals surface area contributed by atoms with Crippen molar-refractivity contribution in [2.45, 2.75) is 26.4 Å². The molecule has 27 heavy (non-hydrogen) atoms. The summed E-state index contributed by atoms with van der Waals surface area (Å²) in [5.74, 6) is 1.58. The molecule has 0 saturated carbocycles. The standard InChI is InChI=1S/C22H20N2O3/c1-13-14(2)22(25)24(11-15-7-8-19-20(9-15)27-12-26-19)21(13)17-10-23-18-6-4-3-5-16(17)18/h3-10,21,23H,11-12H2,1-2H3/t21-/m0/s1. The van der Waals surface area contributed by atoms with Crippen molar-refractivity contribution >= 4 is 16.8 Å². The van der Waals surface area contributed by atoms with Crippen LogP contribution >= 0.6 is 0 Å². The molecule has 0 bridgehead atoms. The summed E-state index contributed by atoms with van der Waals surface area (Å²) >= 11 is 0. The molecule has 1 atom stereocenters. The fraction of sp³-hybridized carbons (Fsp3) is 0.227. The highest BCUT2D eigenvalue weighted by atomic mass is 16.7. The van der Waals surface area contributed by atoms with E-state index >= 15 is 0 Å². The summed E-state index contributed by atoms with van der Waals surface area (Å²) in [7, 11) is 0. The van der Waals surface area contributed by atoms with Crippen LogP contribution in [0.15, 0.2) is 59.8 Å². The van der Waals surface area contributed by atoms with Gasteiger partial charge in [0.25, 0.3) is 5.91 Å². The number of benzene rings is 2. The first-order chi connectivity index (χ1) is 13.1. The number of aromatic nitrogens is 1. The minimum atomic E-state index is -0.0703. The number of H-pyrrole nitrogens is 1. The van der Waals surface area contributed by atoms with Crippen LogP contribution in [0.3, 0.4) is 0 Å². The number of hydrogen-bond acceptors (Lipinski definition) is 3. The number of nitrogens with zero attached hydrogens (tertiary/aromatic N) is 1. The maximum atomic E-state index is 13.0. The lowest BCUT2D eigenvalue weighted by Crippen LogP contribution is -2.29. The zero-order valence-corrected chi connectivity index (χ0v) is 15.3. The Morgan fingerprint density at radius 2 is 1.93 bits per heavy atom. The number of rotatable bonds is 3. The summed E-state index contributed by atoms with van der Waals surface area (Å²) in [6, 6.07) is 14.0. The summed E-state index contributed by atoms with van der Waals surface area (Å²) in [5, 5.41) is 1.15. The lowest BCUT2D eigenvalue weighted by molar-refractivity contribution is -0.127. The van der Waals surface area contributed by atoms with Crippen molar-refractivity contribution in [2.24, 2.45) is 0 Å². The molecule has 2 aliphatic rings. The van der Waals surface area contributed by atoms with Crippen molar-refractivity contribution in [2.75, 3.05) is 6.79 Å². The van der Waals surface area contributed by atoms with Crippen LogP contribution < -0.4 is 9.47 Å². The minimum absolute atomic E-state index is 0.0703. The second-order valence-corrected chi connectivity index (χ2v) is 7.12. The number of carbonyl (C=O) groups is 1. The molecule has 5 heteroatoms. The Morgan fingerprint density at radius 3 is 2.81 bits per heavy atom. The summed E-state index contributed by atoms with van der Waals surface area (Å²) in [5.41, 5.74) is 5.17. The van der Waals surface area contributed by atoms with Gasteiger partial charge in [-0.1, -0.05) is 24.3 Å². The Hall–Kier alpha value is -3.21. The second-order valence-electron chi connectivity index (χ2n) is 7.12. The number of para-hydroxylation sites is 1. The molecule has 0 fully saturated rings. The minimum Gasteiger partial charge on any atom is -0.454 e. The largest absolute Gasteiger partial charge is 0.454 e. The van der Waals surface area contributed by atoms with Gasteiger partial charge >= 0.3 is 0 Å². The van der Waals surface area contributed by atoms with E-state index in [2.05, 4.69) is 24.0 Å². The first kappa shape index (κ1) is 16.0. The highest BCUT2D eigenvalue weighted by Crippen LogP contribution is 2.42. The normalized spacial score (nSPS) is 18.8. The van der Waals surface area contributed by atoms with E-state index in [-0.39, 0.29) is 18.7 Å². The maximum absolute atomic E-state index is 13.0. The first-order valence-corrected chi connectivity index (χ1v) is 9.06. The zero-order valence-electron chi connectivity index (χ0n) is 15.3. The highest BCUT2D eigenvalue weighted by Gasteiger charge is 2.37. The van der Waals surface area contributed by atoms with Crippen LogP contribution in [0.25, 0.3) is 10.9 Å². The number of carbonyl (C=O) groups excluding carboxylic acids is 1. The third kappa shape index (κ3) is 2.42. The summed E-state index contributed by atoms with van der Waals surface area (Å²) < 4.78 is 10.9. The van der Waals surface area contributed by atoms with Gasteiger partial charge in [-0.3, -0.25) is 4.79 Å². The van der Waals surface area contributed by atoms with Gasteiger partial charge in [0.15, 0.2) is 11.5 Å². The number of nitrogens with one attached hydrogen (secondary N) is 1. The van der Waals surface area contributed by atoms with Gasteiger partial charge in [0.2, 0.25) is 6.79 Å². The van der Waals surface area contributed by atoms with Gasteiger partial charge in [-0.25, -0.2) is 0 Å². The Labute approximate surface area is 157 Å². The van der Waals surface area contributed by atoms with Crippen LogP contribution in [0.2, 0.25) is 0 Å². The molecular formula is C22H20N2O3. The van der Waals surface area contributed by atoms with Crippen molar-refractivity contribution in [3.8, 4) is 11.5 Å². The van der Waals surface area contributed by atoms with Gasteiger partial charge in [-0.2, -0.15) is 0 Å². The number of amides is 1. The van der Waals surface area contributed by atoms with Gasteiger partial charge in [-0.05, 0) is 43.2 Å². The molecule has 3 aromatic rings. The van der Waals surface area contributed by atoms with Crippen molar-refractivity contribution in [3.05, 3.63) is 70.9 Å². The number of ether oxygens (including phenoxy) is 2. The first-order valence-electron chi connectivity index (χ1n) is 9.06. The van der Waals surface area contributed by atoms with Gasteiger partial charge in [0.05, 0.1) is 6.04 Å². The molecule has 1 aromatic heterocycles. The average Bonchev–Trinajstić information content (AvgIpc) is 3.37. The van der Waals surface area contributed by atoms with Crippen LogP contribution in [0.5, 0.6) is 11.5 Å². The molecular weight excluding hydrogens is 340 g/mol. The SMILES string of the molecule is CC1=C(C)[C@@H](c2c[nH]c3ccccc23)N(Cc2ccc3c(c2)OCO3)C1=O. The molecule has 5 rings (SSSR count). The van der Waals surface area contributed by atoms with E-state index in [1.165, 1.54) is 0 Å². The smallest absolute Gasteiger partial charge is 0.250 e. The quantitative estimate of drug-likeness (QED) is 0.757. The second kappa shape index (κ2) is 5.91. The highest BCUT2D eigenvalue weighted by molar-refractivity contribution is 5.98. The molecule has 0 aliphatic carbocycles. The lowest BCUT2D eigenvalue weighted by Gasteiger charge is -2.27. The predicted octanol–water partition coefficient (Wildman–Crippen LogP) is 4.32. The predicted molar refractivity (Wildman–Crippen MR) is 103 cm³/mol. The molecule has 0 unspecified atom stereocenters. The number of hydrogen-bond donors (Lipinski definition) is 1. The van der Waals surface area contributed by atoms with Gasteiger partial charge < -0.3 is 19.4 Å². The molecule has 2 aliphatic heterocycles. The van der Waals surface area contributed by atoms with Crippen LogP contribution in [-0.2, 0) is 11.3 Å². The van der Waals surface area contributed by atoms with E-state index < -0.39 is 0 Å². The fourth-order valence-electron chi connectivity index (χ4n) is 4.06. The molecule has 1 amide bonds. The van der Waals surface area contributed by atoms with E-state index in [4.69, 9.17) is 9.47 Å².